The Morgan fingerprint density at radius 1 is 1.32 bits per heavy atom. The predicted molar refractivity (Wildman–Crippen MR) is 67.6 cm³/mol. The van der Waals surface area contributed by atoms with Crippen LogP contribution in [0.25, 0.3) is 0 Å². The van der Waals surface area contributed by atoms with Crippen molar-refractivity contribution in [3.05, 3.63) is 6.07 Å². The summed E-state index contributed by atoms with van der Waals surface area (Å²) in [5.41, 5.74) is 0. The number of aliphatic carboxylic acids is 1. The number of carboxylic acid groups (broad SMARTS) is 1. The molecule has 1 aromatic rings. The number of aromatic nitrogens is 2. The minimum absolute atomic E-state index is 0.0540. The molecule has 0 aliphatic carbocycles. The lowest BCUT2D eigenvalue weighted by molar-refractivity contribution is -0.142. The van der Waals surface area contributed by atoms with Crippen molar-refractivity contribution in [1.82, 2.24) is 9.97 Å². The number of nitrogens with zero attached hydrogens (tertiary/aromatic N) is 3. The van der Waals surface area contributed by atoms with Crippen LogP contribution >= 0.6 is 0 Å². The Labute approximate surface area is 111 Å². The highest BCUT2D eigenvalue weighted by Crippen LogP contribution is 2.28. The summed E-state index contributed by atoms with van der Waals surface area (Å²) >= 11 is 0. The maximum Gasteiger partial charge on any atom is 0.308 e. The SMILES string of the molecule is COc1cc(OC)nc(N2C[C@@H](C)[C@H](C(=O)O)C2)n1. The molecule has 7 heteroatoms. The van der Waals surface area contributed by atoms with Crippen molar-refractivity contribution in [2.45, 2.75) is 6.92 Å². The normalized spacial score (nSPS) is 22.4. The van der Waals surface area contributed by atoms with Crippen molar-refractivity contribution < 1.29 is 19.4 Å². The first-order chi connectivity index (χ1) is 9.05. The molecule has 0 saturated carbocycles. The van der Waals surface area contributed by atoms with Crippen molar-refractivity contribution in [2.75, 3.05) is 32.2 Å². The Hall–Kier alpha value is -2.05. The van der Waals surface area contributed by atoms with Gasteiger partial charge in [0.25, 0.3) is 0 Å². The Morgan fingerprint density at radius 3 is 2.32 bits per heavy atom. The van der Waals surface area contributed by atoms with Gasteiger partial charge in [-0.2, -0.15) is 9.97 Å². The standard InChI is InChI=1S/C12H17N3O4/c1-7-5-15(6-8(7)11(16)17)12-13-9(18-2)4-10(14-12)19-3/h4,7-8H,5-6H2,1-3H3,(H,16,17)/t7-,8-/m1/s1. The molecule has 0 aromatic carbocycles. The summed E-state index contributed by atoms with van der Waals surface area (Å²) in [4.78, 5) is 21.4. The minimum atomic E-state index is -0.787. The van der Waals surface area contributed by atoms with Crippen molar-refractivity contribution in [2.24, 2.45) is 11.8 Å². The number of anilines is 1. The highest BCUT2D eigenvalue weighted by molar-refractivity contribution is 5.72. The molecule has 1 aliphatic heterocycles. The molecule has 2 rings (SSSR count). The van der Waals surface area contributed by atoms with E-state index in [9.17, 15) is 4.79 Å². The van der Waals surface area contributed by atoms with Crippen LogP contribution in [0.15, 0.2) is 6.07 Å². The number of hydrogen-bond acceptors (Lipinski definition) is 6. The zero-order valence-corrected chi connectivity index (χ0v) is 11.2. The van der Waals surface area contributed by atoms with Crippen molar-refractivity contribution in [3.63, 3.8) is 0 Å². The second-order valence-corrected chi connectivity index (χ2v) is 4.58. The van der Waals surface area contributed by atoms with Gasteiger partial charge in [0.2, 0.25) is 17.7 Å². The topological polar surface area (TPSA) is 84.8 Å². The Kier molecular flexibility index (Phi) is 3.73. The second-order valence-electron chi connectivity index (χ2n) is 4.58. The van der Waals surface area contributed by atoms with E-state index in [0.29, 0.717) is 30.8 Å². The molecule has 2 heterocycles. The van der Waals surface area contributed by atoms with E-state index in [1.165, 1.54) is 14.2 Å². The van der Waals surface area contributed by atoms with Crippen LogP contribution in [0.1, 0.15) is 6.92 Å². The van der Waals surface area contributed by atoms with E-state index in [0.717, 1.165) is 0 Å². The van der Waals surface area contributed by atoms with E-state index in [1.54, 1.807) is 6.07 Å². The van der Waals surface area contributed by atoms with Crippen LogP contribution in [0.5, 0.6) is 11.8 Å². The lowest BCUT2D eigenvalue weighted by Gasteiger charge is -2.16. The van der Waals surface area contributed by atoms with Gasteiger partial charge in [0.05, 0.1) is 26.2 Å². The van der Waals surface area contributed by atoms with Gasteiger partial charge in [-0.25, -0.2) is 0 Å². The van der Waals surface area contributed by atoms with Crippen molar-refractivity contribution in [1.29, 1.82) is 0 Å². The molecule has 0 spiro atoms. The summed E-state index contributed by atoms with van der Waals surface area (Å²) in [5.74, 6) is 0.0947. The molecular formula is C12H17N3O4. The molecule has 7 nitrogen and oxygen atoms in total. The Balaban J connectivity index is 2.25. The molecule has 19 heavy (non-hydrogen) atoms. The van der Waals surface area contributed by atoms with Crippen LogP contribution in [0.2, 0.25) is 0 Å². The van der Waals surface area contributed by atoms with Gasteiger partial charge in [0.1, 0.15) is 0 Å². The first-order valence-corrected chi connectivity index (χ1v) is 6.00. The largest absolute Gasteiger partial charge is 0.481 e. The van der Waals surface area contributed by atoms with Crippen molar-refractivity contribution >= 4 is 11.9 Å². The molecule has 0 bridgehead atoms. The zero-order chi connectivity index (χ0) is 14.0. The third kappa shape index (κ3) is 2.69. The second kappa shape index (κ2) is 5.29. The van der Waals surface area contributed by atoms with E-state index in [2.05, 4.69) is 9.97 Å². The third-order valence-electron chi connectivity index (χ3n) is 3.30. The molecule has 1 aliphatic rings. The molecule has 1 N–H and O–H groups in total. The molecule has 1 saturated heterocycles. The van der Waals surface area contributed by atoms with Gasteiger partial charge in [0, 0.05) is 13.1 Å². The number of carbonyl (C=O) groups is 1. The van der Waals surface area contributed by atoms with E-state index >= 15 is 0 Å². The van der Waals surface area contributed by atoms with Gasteiger partial charge < -0.3 is 19.5 Å². The minimum Gasteiger partial charge on any atom is -0.481 e. The van der Waals surface area contributed by atoms with Gasteiger partial charge in [-0.3, -0.25) is 4.79 Å². The summed E-state index contributed by atoms with van der Waals surface area (Å²) in [5, 5.41) is 9.13. The number of hydrogen-bond donors (Lipinski definition) is 1. The van der Waals surface area contributed by atoms with Crippen LogP contribution in [-0.4, -0.2) is 48.4 Å². The first kappa shape index (κ1) is 13.4. The van der Waals surface area contributed by atoms with Gasteiger partial charge in [-0.15, -0.1) is 0 Å². The highest BCUT2D eigenvalue weighted by atomic mass is 16.5. The monoisotopic (exact) mass is 267 g/mol. The quantitative estimate of drug-likeness (QED) is 0.857. The Morgan fingerprint density at radius 2 is 1.89 bits per heavy atom. The lowest BCUT2D eigenvalue weighted by Crippen LogP contribution is -2.24. The summed E-state index contributed by atoms with van der Waals surface area (Å²) in [7, 11) is 3.02. The molecular weight excluding hydrogens is 250 g/mol. The summed E-state index contributed by atoms with van der Waals surface area (Å²) in [6, 6.07) is 1.58. The van der Waals surface area contributed by atoms with E-state index in [-0.39, 0.29) is 5.92 Å². The zero-order valence-electron chi connectivity index (χ0n) is 11.2. The molecule has 1 fully saturated rings. The molecule has 0 amide bonds. The fraction of sp³-hybridized carbons (Fsp3) is 0.583. The lowest BCUT2D eigenvalue weighted by atomic mass is 9.99. The third-order valence-corrected chi connectivity index (χ3v) is 3.30. The molecule has 104 valence electrons. The predicted octanol–water partition coefficient (Wildman–Crippen LogP) is 0.651. The molecule has 1 aromatic heterocycles. The average molecular weight is 267 g/mol. The van der Waals surface area contributed by atoms with Crippen molar-refractivity contribution in [3.8, 4) is 11.8 Å². The van der Waals surface area contributed by atoms with Crippen LogP contribution in [-0.2, 0) is 4.79 Å². The van der Waals surface area contributed by atoms with Gasteiger partial charge in [0.15, 0.2) is 0 Å². The summed E-state index contributed by atoms with van der Waals surface area (Å²) in [6.07, 6.45) is 0. The van der Waals surface area contributed by atoms with E-state index in [4.69, 9.17) is 14.6 Å². The van der Waals surface area contributed by atoms with Crippen LogP contribution in [0.3, 0.4) is 0 Å². The van der Waals surface area contributed by atoms with Gasteiger partial charge >= 0.3 is 5.97 Å². The van der Waals surface area contributed by atoms with E-state index in [1.807, 2.05) is 11.8 Å². The number of carboxylic acids is 1. The summed E-state index contributed by atoms with van der Waals surface area (Å²) < 4.78 is 10.2. The number of rotatable bonds is 4. The van der Waals surface area contributed by atoms with Gasteiger partial charge in [-0.05, 0) is 5.92 Å². The molecule has 2 atom stereocenters. The number of ether oxygens (including phenoxy) is 2. The fourth-order valence-electron chi connectivity index (χ4n) is 2.19. The maximum absolute atomic E-state index is 11.1. The Bertz CT molecular complexity index is 458. The molecule has 0 radical (unpaired) electrons. The maximum atomic E-state index is 11.1. The highest BCUT2D eigenvalue weighted by Gasteiger charge is 2.36. The van der Waals surface area contributed by atoms with Crippen LogP contribution in [0, 0.1) is 11.8 Å². The smallest absolute Gasteiger partial charge is 0.308 e. The number of methoxy groups -OCH3 is 2. The average Bonchev–Trinajstić information content (AvgIpc) is 2.80. The van der Waals surface area contributed by atoms with E-state index < -0.39 is 11.9 Å². The van der Waals surface area contributed by atoms with Crippen LogP contribution in [0.4, 0.5) is 5.95 Å². The summed E-state index contributed by atoms with van der Waals surface area (Å²) in [6.45, 7) is 2.91. The fourth-order valence-corrected chi connectivity index (χ4v) is 2.19. The molecule has 0 unspecified atom stereocenters. The van der Waals surface area contributed by atoms with Crippen LogP contribution < -0.4 is 14.4 Å². The first-order valence-electron chi connectivity index (χ1n) is 6.00. The van der Waals surface area contributed by atoms with Gasteiger partial charge in [-0.1, -0.05) is 6.92 Å².